The molecular formula is C23H24N6O3S. The van der Waals surface area contributed by atoms with Crippen molar-refractivity contribution in [2.45, 2.75) is 56.5 Å². The molecule has 1 amide bonds. The Morgan fingerprint density at radius 1 is 1.21 bits per heavy atom. The van der Waals surface area contributed by atoms with Gasteiger partial charge in [0.15, 0.2) is 16.8 Å². The average Bonchev–Trinajstić information content (AvgIpc) is 3.26. The summed E-state index contributed by atoms with van der Waals surface area (Å²) in [5.74, 6) is 1.23. The fourth-order valence-electron chi connectivity index (χ4n) is 4.05. The number of nitrogens with zero attached hydrogens (tertiary/aromatic N) is 5. The maximum atomic E-state index is 13.3. The molecule has 5 rings (SSSR count). The highest BCUT2D eigenvalue weighted by atomic mass is 32.2. The van der Waals surface area contributed by atoms with Crippen LogP contribution in [0.3, 0.4) is 0 Å². The number of aromatic nitrogens is 5. The zero-order chi connectivity index (χ0) is 22.9. The normalized spacial score (nSPS) is 14.6. The van der Waals surface area contributed by atoms with Crippen LogP contribution in [0.1, 0.15) is 37.6 Å². The first kappa shape index (κ1) is 21.4. The van der Waals surface area contributed by atoms with Crippen molar-refractivity contribution in [3.63, 3.8) is 0 Å². The molecule has 0 fully saturated rings. The number of rotatable bonds is 5. The Balaban J connectivity index is 1.53. The van der Waals surface area contributed by atoms with Gasteiger partial charge in [-0.15, -0.1) is 5.10 Å². The molecule has 0 saturated carbocycles. The van der Waals surface area contributed by atoms with E-state index in [1.807, 2.05) is 37.3 Å². The van der Waals surface area contributed by atoms with Crippen LogP contribution < -0.4 is 10.9 Å². The van der Waals surface area contributed by atoms with Gasteiger partial charge in [-0.05, 0) is 45.2 Å². The van der Waals surface area contributed by atoms with Gasteiger partial charge >= 0.3 is 0 Å². The number of fused-ring (bicyclic) bond motifs is 3. The number of amides is 1. The molecule has 1 N–H and O–H groups in total. The number of anilines is 1. The molecule has 1 aromatic heterocycles. The van der Waals surface area contributed by atoms with Crippen molar-refractivity contribution >= 4 is 23.5 Å². The number of benzene rings is 1. The summed E-state index contributed by atoms with van der Waals surface area (Å²) >= 11 is 1.36. The Morgan fingerprint density at radius 3 is 2.79 bits per heavy atom. The van der Waals surface area contributed by atoms with Crippen molar-refractivity contribution in [3.05, 3.63) is 58.2 Å². The standard InChI is InChI=1S/C23H24N6O3S/c1-14-13-18(27-32-14)24-21(30)15(2)33-23-25-20-19(17-11-7-4-8-12-28(17)23)22(31)29(26-20)16-9-5-3-6-10-16/h3,5-6,9-10,13,15H,4,7-8,11-12H2,1-2H3,(H,24,27,30). The van der Waals surface area contributed by atoms with Crippen LogP contribution in [0.4, 0.5) is 5.82 Å². The zero-order valence-corrected chi connectivity index (χ0v) is 19.3. The Hall–Kier alpha value is -3.40. The topological polar surface area (TPSA) is 108 Å². The summed E-state index contributed by atoms with van der Waals surface area (Å²) in [6.07, 6.45) is 3.86. The Labute approximate surface area is 194 Å². The molecule has 0 aliphatic carbocycles. The van der Waals surface area contributed by atoms with Gasteiger partial charge in [-0.25, -0.2) is 4.98 Å². The van der Waals surface area contributed by atoms with Gasteiger partial charge in [0.2, 0.25) is 5.91 Å². The second-order valence-corrected chi connectivity index (χ2v) is 9.43. The highest BCUT2D eigenvalue weighted by molar-refractivity contribution is 8.00. The summed E-state index contributed by atoms with van der Waals surface area (Å²) in [6, 6.07) is 11.0. The number of hydrogen-bond donors (Lipinski definition) is 1. The van der Waals surface area contributed by atoms with E-state index in [-0.39, 0.29) is 11.5 Å². The van der Waals surface area contributed by atoms with Crippen LogP contribution in [-0.4, -0.2) is 35.6 Å². The predicted octanol–water partition coefficient (Wildman–Crippen LogP) is 3.68. The van der Waals surface area contributed by atoms with Gasteiger partial charge in [0.05, 0.1) is 10.9 Å². The first-order valence-electron chi connectivity index (χ1n) is 11.0. The lowest BCUT2D eigenvalue weighted by molar-refractivity contribution is -0.115. The molecule has 33 heavy (non-hydrogen) atoms. The van der Waals surface area contributed by atoms with Gasteiger partial charge in [-0.1, -0.05) is 41.5 Å². The van der Waals surface area contributed by atoms with Gasteiger partial charge in [0, 0.05) is 18.3 Å². The number of nitrogens with one attached hydrogen (secondary N) is 1. The smallest absolute Gasteiger partial charge is 0.284 e. The molecule has 0 spiro atoms. The van der Waals surface area contributed by atoms with Crippen molar-refractivity contribution < 1.29 is 9.32 Å². The lowest BCUT2D eigenvalue weighted by Gasteiger charge is -2.19. The van der Waals surface area contributed by atoms with E-state index in [1.165, 1.54) is 16.4 Å². The van der Waals surface area contributed by atoms with Crippen LogP contribution in [0.5, 0.6) is 0 Å². The first-order valence-corrected chi connectivity index (χ1v) is 11.9. The van der Waals surface area contributed by atoms with Gasteiger partial charge in [-0.2, -0.15) is 4.68 Å². The lowest BCUT2D eigenvalue weighted by atomic mass is 10.1. The van der Waals surface area contributed by atoms with Crippen LogP contribution in [0.2, 0.25) is 0 Å². The highest BCUT2D eigenvalue weighted by Gasteiger charge is 2.28. The second kappa shape index (κ2) is 8.86. The average molecular weight is 465 g/mol. The van der Waals surface area contributed by atoms with Gasteiger partial charge in [0.25, 0.3) is 5.56 Å². The zero-order valence-electron chi connectivity index (χ0n) is 18.4. The minimum Gasteiger partial charge on any atom is -0.360 e. The molecule has 1 aromatic carbocycles. The van der Waals surface area contributed by atoms with E-state index >= 15 is 0 Å². The maximum Gasteiger partial charge on any atom is 0.284 e. The van der Waals surface area contributed by atoms with Gasteiger partial charge in [0.1, 0.15) is 11.3 Å². The summed E-state index contributed by atoms with van der Waals surface area (Å²) in [7, 11) is 0. The predicted molar refractivity (Wildman–Crippen MR) is 125 cm³/mol. The number of hydrogen-bond acceptors (Lipinski definition) is 7. The fraction of sp³-hybridized carbons (Fsp3) is 0.348. The molecule has 1 atom stereocenters. The molecule has 3 aliphatic heterocycles. The molecule has 10 heteroatoms. The van der Waals surface area contributed by atoms with E-state index in [1.54, 1.807) is 13.0 Å². The minimum absolute atomic E-state index is 0.155. The largest absolute Gasteiger partial charge is 0.360 e. The van der Waals surface area contributed by atoms with Crippen molar-refractivity contribution in [3.8, 4) is 17.1 Å². The van der Waals surface area contributed by atoms with Gasteiger partial charge < -0.3 is 14.4 Å². The second-order valence-electron chi connectivity index (χ2n) is 8.13. The van der Waals surface area contributed by atoms with Crippen molar-refractivity contribution in [2.24, 2.45) is 0 Å². The van der Waals surface area contributed by atoms with E-state index in [0.717, 1.165) is 37.9 Å². The molecule has 0 bridgehead atoms. The van der Waals surface area contributed by atoms with Crippen molar-refractivity contribution in [1.29, 1.82) is 0 Å². The minimum atomic E-state index is -0.435. The highest BCUT2D eigenvalue weighted by Crippen LogP contribution is 2.32. The summed E-state index contributed by atoms with van der Waals surface area (Å²) in [5.41, 5.74) is 2.07. The summed E-state index contributed by atoms with van der Waals surface area (Å²) in [6.45, 7) is 4.35. The van der Waals surface area contributed by atoms with E-state index in [0.29, 0.717) is 33.8 Å². The summed E-state index contributed by atoms with van der Waals surface area (Å²) in [5, 5.41) is 11.4. The Kier molecular flexibility index (Phi) is 5.76. The van der Waals surface area contributed by atoms with E-state index in [9.17, 15) is 9.59 Å². The molecule has 2 aromatic rings. The van der Waals surface area contributed by atoms with Gasteiger partial charge in [-0.3, -0.25) is 9.59 Å². The maximum absolute atomic E-state index is 13.3. The molecule has 0 radical (unpaired) electrons. The van der Waals surface area contributed by atoms with E-state index < -0.39 is 5.25 Å². The molecule has 4 heterocycles. The molecular weight excluding hydrogens is 440 g/mol. The number of carbonyl (C=O) groups excluding carboxylic acids is 1. The lowest BCUT2D eigenvalue weighted by Crippen LogP contribution is -2.24. The molecule has 9 nitrogen and oxygen atoms in total. The van der Waals surface area contributed by atoms with Crippen LogP contribution >= 0.6 is 11.8 Å². The van der Waals surface area contributed by atoms with E-state index in [2.05, 4.69) is 20.1 Å². The van der Waals surface area contributed by atoms with Crippen molar-refractivity contribution in [1.82, 2.24) is 24.5 Å². The monoisotopic (exact) mass is 464 g/mol. The number of carbonyl (C=O) groups is 1. The molecule has 3 aliphatic rings. The molecule has 1 unspecified atom stereocenters. The molecule has 0 saturated heterocycles. The third kappa shape index (κ3) is 4.18. The summed E-state index contributed by atoms with van der Waals surface area (Å²) < 4.78 is 8.54. The fourth-order valence-corrected chi connectivity index (χ4v) is 5.00. The van der Waals surface area contributed by atoms with Crippen LogP contribution in [0.15, 0.2) is 50.9 Å². The molecule has 170 valence electrons. The Morgan fingerprint density at radius 2 is 2.03 bits per heavy atom. The first-order chi connectivity index (χ1) is 16.0. The SMILES string of the molecule is Cc1cc(NC(=O)C(C)Sc2nc3nn(-c4ccccc4)c(=O)c-3c3n2CCCCC3)no1. The number of para-hydroxylation sites is 1. The van der Waals surface area contributed by atoms with Crippen molar-refractivity contribution in [2.75, 3.05) is 5.32 Å². The number of aryl methyl sites for hydroxylation is 1. The summed E-state index contributed by atoms with van der Waals surface area (Å²) in [4.78, 5) is 30.8. The number of thioether (sulfide) groups is 1. The third-order valence-corrected chi connectivity index (χ3v) is 6.79. The van der Waals surface area contributed by atoms with Crippen LogP contribution in [0, 0.1) is 6.92 Å². The van der Waals surface area contributed by atoms with Crippen LogP contribution in [0.25, 0.3) is 17.1 Å². The van der Waals surface area contributed by atoms with Crippen LogP contribution in [-0.2, 0) is 17.8 Å². The third-order valence-electron chi connectivity index (χ3n) is 5.70. The van der Waals surface area contributed by atoms with E-state index in [4.69, 9.17) is 9.51 Å². The Bertz CT molecular complexity index is 1330. The quantitative estimate of drug-likeness (QED) is 0.355.